The Morgan fingerprint density at radius 1 is 1.58 bits per heavy atom. The highest BCUT2D eigenvalue weighted by Crippen LogP contribution is 2.26. The number of furan rings is 1. The van der Waals surface area contributed by atoms with E-state index >= 15 is 0 Å². The van der Waals surface area contributed by atoms with Gasteiger partial charge in [-0.1, -0.05) is 0 Å². The number of rotatable bonds is 5. The highest BCUT2D eigenvalue weighted by Gasteiger charge is 2.27. The second-order valence-corrected chi connectivity index (χ2v) is 6.02. The molecule has 19 heavy (non-hydrogen) atoms. The summed E-state index contributed by atoms with van der Waals surface area (Å²) < 4.78 is 5.16. The number of thiophene rings is 1. The quantitative estimate of drug-likeness (QED) is 0.833. The maximum atomic E-state index is 12.0. The summed E-state index contributed by atoms with van der Waals surface area (Å²) in [5, 5.41) is 14.9. The van der Waals surface area contributed by atoms with Gasteiger partial charge in [-0.2, -0.15) is 0 Å². The number of carbonyl (C=O) groups is 1. The molecule has 2 aromatic rings. The molecule has 0 radical (unpaired) electrons. The maximum Gasteiger partial charge on any atom is 0.262 e. The second kappa shape index (κ2) is 5.81. The van der Waals surface area contributed by atoms with E-state index in [1.807, 2.05) is 17.7 Å². The molecule has 0 aliphatic rings. The van der Waals surface area contributed by atoms with Crippen LogP contribution in [-0.2, 0) is 5.60 Å². The van der Waals surface area contributed by atoms with Crippen molar-refractivity contribution in [3.63, 3.8) is 0 Å². The Hall–Kier alpha value is -1.24. The van der Waals surface area contributed by atoms with E-state index in [0.717, 1.165) is 4.90 Å². The van der Waals surface area contributed by atoms with E-state index in [0.29, 0.717) is 10.6 Å². The van der Waals surface area contributed by atoms with Gasteiger partial charge in [-0.05, 0) is 36.8 Å². The topological polar surface area (TPSA) is 62.5 Å². The second-order valence-electron chi connectivity index (χ2n) is 4.25. The predicted octanol–water partition coefficient (Wildman–Crippen LogP) is 2.70. The molecule has 0 bridgehead atoms. The van der Waals surface area contributed by atoms with Gasteiger partial charge < -0.3 is 14.8 Å². The average molecular weight is 297 g/mol. The molecular formula is C13H15NO3S2. The molecule has 0 fully saturated rings. The molecule has 102 valence electrons. The summed E-state index contributed by atoms with van der Waals surface area (Å²) >= 11 is 2.92. The van der Waals surface area contributed by atoms with Crippen molar-refractivity contribution in [1.82, 2.24) is 5.32 Å². The zero-order chi connectivity index (χ0) is 13.9. The van der Waals surface area contributed by atoms with Gasteiger partial charge in [0, 0.05) is 4.90 Å². The Labute approximate surface area is 119 Å². The third-order valence-corrected chi connectivity index (χ3v) is 4.52. The van der Waals surface area contributed by atoms with Gasteiger partial charge in [-0.15, -0.1) is 23.1 Å². The van der Waals surface area contributed by atoms with E-state index in [2.05, 4.69) is 5.32 Å². The molecule has 0 aliphatic carbocycles. The van der Waals surface area contributed by atoms with Crippen LogP contribution in [0.25, 0.3) is 0 Å². The minimum absolute atomic E-state index is 0.102. The fourth-order valence-electron chi connectivity index (χ4n) is 1.63. The van der Waals surface area contributed by atoms with Crippen molar-refractivity contribution >= 4 is 29.0 Å². The first-order chi connectivity index (χ1) is 9.04. The van der Waals surface area contributed by atoms with E-state index in [-0.39, 0.29) is 12.5 Å². The summed E-state index contributed by atoms with van der Waals surface area (Å²) in [6, 6.07) is 5.30. The minimum atomic E-state index is -1.21. The van der Waals surface area contributed by atoms with Crippen LogP contribution in [0.1, 0.15) is 22.4 Å². The van der Waals surface area contributed by atoms with E-state index in [4.69, 9.17) is 4.42 Å². The van der Waals surface area contributed by atoms with Crippen LogP contribution in [0.3, 0.4) is 0 Å². The summed E-state index contributed by atoms with van der Waals surface area (Å²) in [6.07, 6.45) is 3.43. The molecule has 0 aromatic carbocycles. The fraction of sp³-hybridized carbons (Fsp3) is 0.308. The number of aliphatic hydroxyl groups is 1. The van der Waals surface area contributed by atoms with Crippen LogP contribution in [0.4, 0.5) is 0 Å². The van der Waals surface area contributed by atoms with Crippen LogP contribution in [0, 0.1) is 0 Å². The molecular weight excluding hydrogens is 282 g/mol. The number of amides is 1. The van der Waals surface area contributed by atoms with Crippen molar-refractivity contribution < 1.29 is 14.3 Å². The summed E-state index contributed by atoms with van der Waals surface area (Å²) in [4.78, 5) is 13.7. The lowest BCUT2D eigenvalue weighted by Crippen LogP contribution is -2.38. The van der Waals surface area contributed by atoms with Crippen LogP contribution in [-0.4, -0.2) is 23.8 Å². The van der Waals surface area contributed by atoms with Gasteiger partial charge >= 0.3 is 0 Å². The maximum absolute atomic E-state index is 12.0. The first-order valence-electron chi connectivity index (χ1n) is 5.70. The summed E-state index contributed by atoms with van der Waals surface area (Å²) in [5.41, 5.74) is -1.21. The van der Waals surface area contributed by atoms with Gasteiger partial charge in [0.05, 0.1) is 12.8 Å². The molecule has 0 aliphatic heterocycles. The third-order valence-electron chi connectivity index (χ3n) is 2.70. The smallest absolute Gasteiger partial charge is 0.262 e. The van der Waals surface area contributed by atoms with Gasteiger partial charge in [0.15, 0.2) is 0 Å². The lowest BCUT2D eigenvalue weighted by Gasteiger charge is -2.21. The Morgan fingerprint density at radius 2 is 2.37 bits per heavy atom. The first kappa shape index (κ1) is 14.2. The van der Waals surface area contributed by atoms with E-state index in [9.17, 15) is 9.90 Å². The number of hydrogen-bond donors (Lipinski definition) is 2. The molecule has 2 heterocycles. The van der Waals surface area contributed by atoms with Gasteiger partial charge in [0.2, 0.25) is 0 Å². The zero-order valence-electron chi connectivity index (χ0n) is 10.7. The van der Waals surface area contributed by atoms with Crippen LogP contribution in [0.5, 0.6) is 0 Å². The largest absolute Gasteiger partial charge is 0.466 e. The molecule has 1 amide bonds. The first-order valence-corrected chi connectivity index (χ1v) is 7.81. The number of hydrogen-bond acceptors (Lipinski definition) is 5. The highest BCUT2D eigenvalue weighted by molar-refractivity contribution is 7.98. The predicted molar refractivity (Wildman–Crippen MR) is 76.7 cm³/mol. The normalized spacial score (nSPS) is 14.1. The van der Waals surface area contributed by atoms with Crippen molar-refractivity contribution in [2.45, 2.75) is 17.4 Å². The number of nitrogens with one attached hydrogen (secondary N) is 1. The van der Waals surface area contributed by atoms with Gasteiger partial charge in [0.1, 0.15) is 16.2 Å². The summed E-state index contributed by atoms with van der Waals surface area (Å²) in [6.45, 7) is 1.71. The molecule has 0 saturated heterocycles. The molecule has 4 nitrogen and oxygen atoms in total. The summed E-state index contributed by atoms with van der Waals surface area (Å²) in [5.74, 6) is 0.259. The average Bonchev–Trinajstić information content (AvgIpc) is 3.06. The van der Waals surface area contributed by atoms with Crippen molar-refractivity contribution in [3.05, 3.63) is 40.5 Å². The van der Waals surface area contributed by atoms with Crippen molar-refractivity contribution in [2.75, 3.05) is 12.8 Å². The van der Waals surface area contributed by atoms with Crippen molar-refractivity contribution in [2.24, 2.45) is 0 Å². The van der Waals surface area contributed by atoms with Crippen molar-refractivity contribution in [3.8, 4) is 0 Å². The number of carbonyl (C=O) groups excluding carboxylic acids is 1. The highest BCUT2D eigenvalue weighted by atomic mass is 32.2. The van der Waals surface area contributed by atoms with E-state index < -0.39 is 5.60 Å². The van der Waals surface area contributed by atoms with Gasteiger partial charge in [0.25, 0.3) is 5.91 Å². The summed E-state index contributed by atoms with van der Waals surface area (Å²) in [7, 11) is 0. The number of thioether (sulfide) groups is 1. The molecule has 1 atom stereocenters. The molecule has 6 heteroatoms. The Morgan fingerprint density at radius 3 is 3.00 bits per heavy atom. The van der Waals surface area contributed by atoms with Crippen LogP contribution in [0.2, 0.25) is 0 Å². The van der Waals surface area contributed by atoms with Crippen LogP contribution in [0.15, 0.2) is 39.2 Å². The van der Waals surface area contributed by atoms with Gasteiger partial charge in [-0.25, -0.2) is 0 Å². The molecule has 0 spiro atoms. The SMILES string of the molecule is CSc1ccsc1C(=O)NCC(C)(O)c1ccco1. The van der Waals surface area contributed by atoms with E-state index in [1.54, 1.807) is 19.1 Å². The minimum Gasteiger partial charge on any atom is -0.466 e. The molecule has 2 aromatic heterocycles. The molecule has 0 saturated carbocycles. The van der Waals surface area contributed by atoms with Gasteiger partial charge in [-0.3, -0.25) is 4.79 Å². The monoisotopic (exact) mass is 297 g/mol. The molecule has 2 N–H and O–H groups in total. The zero-order valence-corrected chi connectivity index (χ0v) is 12.3. The standard InChI is InChI=1S/C13H15NO3S2/c1-13(16,10-4-3-6-17-10)8-14-12(15)11-9(18-2)5-7-19-11/h3-7,16H,8H2,1-2H3,(H,14,15). The van der Waals surface area contributed by atoms with Crippen LogP contribution < -0.4 is 5.32 Å². The third kappa shape index (κ3) is 3.20. The Kier molecular flexibility index (Phi) is 4.34. The van der Waals surface area contributed by atoms with E-state index in [1.165, 1.54) is 29.4 Å². The van der Waals surface area contributed by atoms with Crippen molar-refractivity contribution in [1.29, 1.82) is 0 Å². The fourth-order valence-corrected chi connectivity index (χ4v) is 3.29. The Balaban J connectivity index is 2.01. The van der Waals surface area contributed by atoms with Crippen LogP contribution >= 0.6 is 23.1 Å². The Bertz CT molecular complexity index is 546. The molecule has 1 unspecified atom stereocenters. The lowest BCUT2D eigenvalue weighted by atomic mass is 10.0. The lowest BCUT2D eigenvalue weighted by molar-refractivity contribution is 0.0330. The molecule has 2 rings (SSSR count).